The molecule has 3 saturated heterocycles. The Labute approximate surface area is 318 Å². The number of aromatic nitrogens is 2. The Kier molecular flexibility index (Phi) is 9.91. The van der Waals surface area contributed by atoms with Crippen LogP contribution in [-0.4, -0.2) is 113 Å². The Balaban J connectivity index is 0.754. The molecule has 3 aromatic rings. The molecule has 0 bridgehead atoms. The van der Waals surface area contributed by atoms with Crippen LogP contribution >= 0.6 is 0 Å². The van der Waals surface area contributed by atoms with Crippen molar-refractivity contribution in [2.75, 3.05) is 55.6 Å². The predicted molar refractivity (Wildman–Crippen MR) is 200 cm³/mol. The lowest BCUT2D eigenvalue weighted by atomic mass is 9.92. The third kappa shape index (κ3) is 7.46. The Morgan fingerprint density at radius 3 is 2.33 bits per heavy atom. The zero-order chi connectivity index (χ0) is 38.2. The van der Waals surface area contributed by atoms with Gasteiger partial charge in [0.15, 0.2) is 0 Å². The van der Waals surface area contributed by atoms with Crippen molar-refractivity contribution < 1.29 is 28.7 Å². The summed E-state index contributed by atoms with van der Waals surface area (Å²) in [4.78, 5) is 80.1. The van der Waals surface area contributed by atoms with Crippen LogP contribution in [0.5, 0.6) is 5.75 Å². The fraction of sp³-hybridized carbons (Fsp3) is 0.450. The number of imide groups is 2. The first-order valence-electron chi connectivity index (χ1n) is 19.0. The molecule has 2 aromatic carbocycles. The normalized spacial score (nSPS) is 23.2. The van der Waals surface area contributed by atoms with Gasteiger partial charge in [-0.25, -0.2) is 9.97 Å². The van der Waals surface area contributed by atoms with Gasteiger partial charge in [0.25, 0.3) is 17.7 Å². The Morgan fingerprint density at radius 1 is 0.909 bits per heavy atom. The lowest BCUT2D eigenvalue weighted by Crippen LogP contribution is -2.55. The minimum absolute atomic E-state index is 0.0637. The molecular weight excluding hydrogens is 702 g/mol. The van der Waals surface area contributed by atoms with Gasteiger partial charge >= 0.3 is 0 Å². The number of nitrogens with zero attached hydrogens (tertiary/aromatic N) is 7. The molecule has 0 radical (unpaired) electrons. The van der Waals surface area contributed by atoms with Crippen LogP contribution in [0.1, 0.15) is 80.7 Å². The van der Waals surface area contributed by atoms with Gasteiger partial charge < -0.3 is 19.9 Å². The van der Waals surface area contributed by atoms with Gasteiger partial charge in [-0.2, -0.15) is 5.26 Å². The molecule has 5 aliphatic rings. The first kappa shape index (κ1) is 36.1. The second-order valence-corrected chi connectivity index (χ2v) is 15.2. The molecular formula is C40H43N9O6. The van der Waals surface area contributed by atoms with E-state index in [2.05, 4.69) is 41.4 Å². The van der Waals surface area contributed by atoms with Crippen molar-refractivity contribution in [1.29, 1.82) is 5.26 Å². The quantitative estimate of drug-likeness (QED) is 0.306. The van der Waals surface area contributed by atoms with Gasteiger partial charge in [-0.3, -0.25) is 39.1 Å². The number of benzene rings is 2. The predicted octanol–water partition coefficient (Wildman–Crippen LogP) is 2.44. The first-order valence-corrected chi connectivity index (χ1v) is 19.0. The number of hydrogen-bond donors (Lipinski definition) is 2. The number of nitriles is 1. The Hall–Kier alpha value is -5.88. The lowest BCUT2D eigenvalue weighted by Gasteiger charge is -2.44. The molecule has 15 nitrogen and oxygen atoms in total. The van der Waals surface area contributed by atoms with Gasteiger partial charge in [-0.15, -0.1) is 0 Å². The second-order valence-electron chi connectivity index (χ2n) is 15.2. The molecule has 5 amide bonds. The number of hydrogen-bond acceptors (Lipinski definition) is 12. The van der Waals surface area contributed by atoms with E-state index in [1.165, 1.54) is 0 Å². The summed E-state index contributed by atoms with van der Waals surface area (Å²) in [6.45, 7) is 7.78. The van der Waals surface area contributed by atoms with Crippen molar-refractivity contribution in [3.63, 3.8) is 0 Å². The molecule has 8 rings (SSSR count). The summed E-state index contributed by atoms with van der Waals surface area (Å²) in [5.41, 5.74) is 3.42. The highest BCUT2D eigenvalue weighted by molar-refractivity contribution is 6.23. The van der Waals surface area contributed by atoms with Crippen LogP contribution in [0, 0.1) is 24.2 Å². The van der Waals surface area contributed by atoms with E-state index >= 15 is 0 Å². The molecule has 4 fully saturated rings. The highest BCUT2D eigenvalue weighted by atomic mass is 16.5. The number of carbonyl (C=O) groups excluding carboxylic acids is 5. The van der Waals surface area contributed by atoms with Crippen molar-refractivity contribution in [2.24, 2.45) is 5.92 Å². The van der Waals surface area contributed by atoms with Gasteiger partial charge in [0.2, 0.25) is 17.8 Å². The zero-order valence-electron chi connectivity index (χ0n) is 30.7. The van der Waals surface area contributed by atoms with Gasteiger partial charge in [-0.1, -0.05) is 0 Å². The van der Waals surface area contributed by atoms with Crippen LogP contribution in [0.3, 0.4) is 0 Å². The number of fused-ring (bicyclic) bond motifs is 1. The van der Waals surface area contributed by atoms with Crippen molar-refractivity contribution >= 4 is 41.2 Å². The van der Waals surface area contributed by atoms with Crippen LogP contribution < -0.4 is 25.2 Å². The van der Waals surface area contributed by atoms with Crippen molar-refractivity contribution in [3.05, 3.63) is 76.6 Å². The smallest absolute Gasteiger partial charge is 0.262 e. The van der Waals surface area contributed by atoms with Crippen LogP contribution in [-0.2, 0) is 9.59 Å². The molecule has 15 heteroatoms. The second kappa shape index (κ2) is 15.1. The van der Waals surface area contributed by atoms with Crippen molar-refractivity contribution in [3.8, 4) is 11.8 Å². The highest BCUT2D eigenvalue weighted by Crippen LogP contribution is 2.32. The summed E-state index contributed by atoms with van der Waals surface area (Å²) in [6.07, 6.45) is 6.79. The van der Waals surface area contributed by atoms with Crippen LogP contribution in [0.25, 0.3) is 0 Å². The van der Waals surface area contributed by atoms with Crippen molar-refractivity contribution in [2.45, 2.75) is 63.6 Å². The largest absolute Gasteiger partial charge is 0.490 e. The van der Waals surface area contributed by atoms with E-state index in [-0.39, 0.29) is 36.5 Å². The van der Waals surface area contributed by atoms with Crippen LogP contribution in [0.4, 0.5) is 11.6 Å². The highest BCUT2D eigenvalue weighted by Gasteiger charge is 2.45. The van der Waals surface area contributed by atoms with E-state index in [0.29, 0.717) is 28.6 Å². The number of amides is 5. The maximum atomic E-state index is 13.3. The van der Waals surface area contributed by atoms with Crippen LogP contribution in [0.2, 0.25) is 0 Å². The topological polar surface area (TPSA) is 181 Å². The number of rotatable bonds is 9. The fourth-order valence-corrected chi connectivity index (χ4v) is 8.28. The number of ether oxygens (including phenoxy) is 1. The van der Waals surface area contributed by atoms with E-state index < -0.39 is 29.7 Å². The maximum Gasteiger partial charge on any atom is 0.262 e. The Morgan fingerprint density at radius 2 is 1.64 bits per heavy atom. The molecule has 284 valence electrons. The molecule has 2 N–H and O–H groups in total. The van der Waals surface area contributed by atoms with Gasteiger partial charge in [0.1, 0.15) is 11.8 Å². The summed E-state index contributed by atoms with van der Waals surface area (Å²) in [7, 11) is 0. The number of carbonyl (C=O) groups is 5. The van der Waals surface area contributed by atoms with E-state index in [1.54, 1.807) is 30.6 Å². The number of piperazine rings is 1. The summed E-state index contributed by atoms with van der Waals surface area (Å²) < 4.78 is 6.15. The number of nitrogens with one attached hydrogen (secondary N) is 2. The average Bonchev–Trinajstić information content (AvgIpc) is 3.42. The van der Waals surface area contributed by atoms with Gasteiger partial charge in [-0.05, 0) is 81.0 Å². The van der Waals surface area contributed by atoms with Crippen LogP contribution in [0.15, 0.2) is 48.8 Å². The molecule has 1 saturated carbocycles. The van der Waals surface area contributed by atoms with E-state index in [9.17, 15) is 24.0 Å². The molecule has 1 aromatic heterocycles. The van der Waals surface area contributed by atoms with Gasteiger partial charge in [0, 0.05) is 82.3 Å². The SMILES string of the molecule is Cc1cc(OC2CCC(NC(=O)c3cnc(N4CC(CN5CCN(c6ccc7c(c6)C(=O)N(C6CCC(=O)NC6=O)C7=O)CC5)C4)nc3)CC2)ccc1C#N. The lowest BCUT2D eigenvalue weighted by molar-refractivity contribution is -0.136. The maximum absolute atomic E-state index is 13.3. The van der Waals surface area contributed by atoms with E-state index in [1.807, 2.05) is 25.1 Å². The third-order valence-electron chi connectivity index (χ3n) is 11.4. The molecule has 4 aliphatic heterocycles. The van der Waals surface area contributed by atoms with Gasteiger partial charge in [0.05, 0.1) is 34.4 Å². The summed E-state index contributed by atoms with van der Waals surface area (Å²) in [5, 5.41) is 14.5. The van der Waals surface area contributed by atoms with E-state index in [0.717, 1.165) is 93.4 Å². The standard InChI is InChI=1S/C40H43N9O6/c1-24-16-31(6-2-26(24)18-41)55-30-7-3-28(4-8-30)44-36(51)27-19-42-40(43-20-27)48-22-25(23-48)21-46-12-14-47(15-13-46)29-5-9-32-33(17-29)39(54)49(38(32)53)34-10-11-35(50)45-37(34)52/h2,5-6,9,16-17,19-20,25,28,30,34H,3-4,7-8,10-15,21-23H2,1H3,(H,44,51)(H,45,50,52). The monoisotopic (exact) mass is 745 g/mol. The Bertz CT molecular complexity index is 2060. The van der Waals surface area contributed by atoms with E-state index in [4.69, 9.17) is 10.00 Å². The number of anilines is 2. The summed E-state index contributed by atoms with van der Waals surface area (Å²) >= 11 is 0. The van der Waals surface area contributed by atoms with Crippen molar-refractivity contribution in [1.82, 2.24) is 30.4 Å². The zero-order valence-corrected chi connectivity index (χ0v) is 30.7. The number of piperidine rings is 1. The number of aryl methyl sites for hydroxylation is 1. The molecule has 1 unspecified atom stereocenters. The molecule has 0 spiro atoms. The molecule has 55 heavy (non-hydrogen) atoms. The summed E-state index contributed by atoms with van der Waals surface area (Å²) in [5.74, 6) is -0.320. The summed E-state index contributed by atoms with van der Waals surface area (Å²) in [6, 6.07) is 12.1. The molecule has 5 heterocycles. The minimum atomic E-state index is -0.979. The average molecular weight is 746 g/mol. The third-order valence-corrected chi connectivity index (χ3v) is 11.4. The fourth-order valence-electron chi connectivity index (χ4n) is 8.28. The molecule has 1 aliphatic carbocycles. The first-order chi connectivity index (χ1) is 26.6. The molecule has 1 atom stereocenters. The minimum Gasteiger partial charge on any atom is -0.490 e.